The van der Waals surface area contributed by atoms with E-state index < -0.39 is 47.2 Å². The van der Waals surface area contributed by atoms with Crippen molar-refractivity contribution < 1.29 is 32.6 Å². The summed E-state index contributed by atoms with van der Waals surface area (Å²) in [7, 11) is 0. The molecule has 1 saturated heterocycles. The molecule has 144 valence electrons. The number of aliphatic hydroxyl groups is 1. The van der Waals surface area contributed by atoms with Crippen LogP contribution in [0.25, 0.3) is 0 Å². The summed E-state index contributed by atoms with van der Waals surface area (Å²) < 4.78 is 44.2. The number of halogens is 3. The van der Waals surface area contributed by atoms with Crippen LogP contribution in [0.2, 0.25) is 0 Å². The Morgan fingerprint density at radius 3 is 2.73 bits per heavy atom. The second kappa shape index (κ2) is 8.50. The lowest BCUT2D eigenvalue weighted by molar-refractivity contribution is -0.150. The minimum absolute atomic E-state index is 0.178. The number of ether oxygens (including phenoxy) is 1. The Morgan fingerprint density at radius 1 is 1.38 bits per heavy atom. The van der Waals surface area contributed by atoms with Crippen LogP contribution in [0.15, 0.2) is 24.3 Å². The summed E-state index contributed by atoms with van der Waals surface area (Å²) in [6, 6.07) is 3.72. The minimum Gasteiger partial charge on any atom is -0.466 e. The number of amides is 1. The molecular formula is C17H21F3N2O4. The Labute approximate surface area is 148 Å². The summed E-state index contributed by atoms with van der Waals surface area (Å²) >= 11 is 0. The van der Waals surface area contributed by atoms with Crippen LogP contribution in [0.3, 0.4) is 0 Å². The molecule has 1 unspecified atom stereocenters. The van der Waals surface area contributed by atoms with Gasteiger partial charge in [0.05, 0.1) is 18.1 Å². The van der Waals surface area contributed by atoms with E-state index in [0.717, 1.165) is 12.1 Å². The van der Waals surface area contributed by atoms with Crippen molar-refractivity contribution in [2.24, 2.45) is 5.92 Å². The highest BCUT2D eigenvalue weighted by Gasteiger charge is 2.38. The molecule has 0 spiro atoms. The molecule has 0 saturated carbocycles. The van der Waals surface area contributed by atoms with E-state index in [0.29, 0.717) is 13.0 Å². The number of esters is 1. The first-order valence-corrected chi connectivity index (χ1v) is 8.27. The summed E-state index contributed by atoms with van der Waals surface area (Å²) in [5, 5.41) is 15.6. The predicted octanol–water partition coefficient (Wildman–Crippen LogP) is 1.40. The van der Waals surface area contributed by atoms with Crippen molar-refractivity contribution in [3.63, 3.8) is 0 Å². The van der Waals surface area contributed by atoms with Crippen molar-refractivity contribution in [3.05, 3.63) is 35.4 Å². The fraction of sp³-hybridized carbons (Fsp3) is 0.529. The third kappa shape index (κ3) is 4.73. The van der Waals surface area contributed by atoms with Crippen LogP contribution in [-0.4, -0.2) is 42.7 Å². The number of alkyl halides is 3. The molecule has 1 amide bonds. The molecule has 3 N–H and O–H groups in total. The van der Waals surface area contributed by atoms with Gasteiger partial charge in [0.15, 0.2) is 6.10 Å². The molecule has 3 atom stereocenters. The summed E-state index contributed by atoms with van der Waals surface area (Å²) in [5.41, 5.74) is -1.60. The van der Waals surface area contributed by atoms with Gasteiger partial charge in [-0.3, -0.25) is 9.59 Å². The molecule has 0 bridgehead atoms. The van der Waals surface area contributed by atoms with Crippen molar-refractivity contribution in [2.45, 2.75) is 31.7 Å². The average molecular weight is 374 g/mol. The first kappa shape index (κ1) is 20.2. The van der Waals surface area contributed by atoms with Crippen molar-refractivity contribution in [2.75, 3.05) is 19.7 Å². The largest absolute Gasteiger partial charge is 0.466 e. The zero-order valence-corrected chi connectivity index (χ0v) is 14.2. The molecule has 1 aliphatic heterocycles. The molecule has 1 fully saturated rings. The van der Waals surface area contributed by atoms with E-state index in [1.54, 1.807) is 6.92 Å². The van der Waals surface area contributed by atoms with Gasteiger partial charge in [-0.2, -0.15) is 13.2 Å². The minimum atomic E-state index is -4.69. The lowest BCUT2D eigenvalue weighted by Gasteiger charge is -2.31. The number of carbonyl (C=O) groups is 2. The molecule has 1 heterocycles. The maximum Gasteiger partial charge on any atom is 0.416 e. The smallest absolute Gasteiger partial charge is 0.416 e. The number of hydrogen-bond acceptors (Lipinski definition) is 5. The Balaban J connectivity index is 2.15. The molecule has 26 heavy (non-hydrogen) atoms. The van der Waals surface area contributed by atoms with Crippen LogP contribution in [-0.2, 0) is 20.5 Å². The van der Waals surface area contributed by atoms with Crippen LogP contribution in [0.1, 0.15) is 30.6 Å². The van der Waals surface area contributed by atoms with E-state index in [1.165, 1.54) is 12.1 Å². The number of piperidine rings is 1. The van der Waals surface area contributed by atoms with Crippen molar-refractivity contribution in [3.8, 4) is 0 Å². The molecule has 6 nitrogen and oxygen atoms in total. The molecule has 1 aromatic carbocycles. The van der Waals surface area contributed by atoms with Gasteiger partial charge in [0, 0.05) is 18.2 Å². The van der Waals surface area contributed by atoms with Crippen LogP contribution in [0, 0.1) is 5.92 Å². The zero-order chi connectivity index (χ0) is 19.3. The van der Waals surface area contributed by atoms with Crippen LogP contribution >= 0.6 is 0 Å². The van der Waals surface area contributed by atoms with Crippen LogP contribution < -0.4 is 10.6 Å². The molecule has 0 radical (unpaired) electrons. The second-order valence-corrected chi connectivity index (χ2v) is 5.95. The quantitative estimate of drug-likeness (QED) is 0.678. The standard InChI is InChI=1S/C17H21F3N2O4/c1-2-26-16(25)11-9-21-8-7-13(11)22-15(24)14(23)10-5-3-4-6-12(10)17(18,19)20/h3-6,11,13-14,21,23H,2,7-9H2,1H3,(H,22,24)/t11-,13+,14?/m1/s1. The summed E-state index contributed by atoms with van der Waals surface area (Å²) in [6.07, 6.45) is -6.30. The second-order valence-electron chi connectivity index (χ2n) is 5.95. The summed E-state index contributed by atoms with van der Waals surface area (Å²) in [6.45, 7) is 2.63. The number of rotatable bonds is 5. The number of carbonyl (C=O) groups excluding carboxylic acids is 2. The fourth-order valence-corrected chi connectivity index (χ4v) is 2.92. The molecular weight excluding hydrogens is 353 g/mol. The molecule has 0 aromatic heterocycles. The molecule has 1 aromatic rings. The Morgan fingerprint density at radius 2 is 2.08 bits per heavy atom. The fourth-order valence-electron chi connectivity index (χ4n) is 2.92. The maximum absolute atomic E-state index is 13.1. The van der Waals surface area contributed by atoms with Gasteiger partial charge in [-0.05, 0) is 26.0 Å². The summed E-state index contributed by atoms with van der Waals surface area (Å²) in [4.78, 5) is 24.3. The van der Waals surface area contributed by atoms with Gasteiger partial charge in [0.1, 0.15) is 0 Å². The number of benzene rings is 1. The number of aliphatic hydroxyl groups excluding tert-OH is 1. The number of hydrogen-bond donors (Lipinski definition) is 3. The maximum atomic E-state index is 13.1. The van der Waals surface area contributed by atoms with E-state index >= 15 is 0 Å². The zero-order valence-electron chi connectivity index (χ0n) is 14.2. The van der Waals surface area contributed by atoms with Crippen molar-refractivity contribution >= 4 is 11.9 Å². The first-order valence-electron chi connectivity index (χ1n) is 8.27. The predicted molar refractivity (Wildman–Crippen MR) is 85.9 cm³/mol. The number of nitrogens with one attached hydrogen (secondary N) is 2. The Kier molecular flexibility index (Phi) is 6.60. The van der Waals surface area contributed by atoms with E-state index in [-0.39, 0.29) is 13.2 Å². The van der Waals surface area contributed by atoms with E-state index in [4.69, 9.17) is 4.74 Å². The molecule has 1 aliphatic rings. The topological polar surface area (TPSA) is 87.7 Å². The highest BCUT2D eigenvalue weighted by Crippen LogP contribution is 2.34. The third-order valence-electron chi connectivity index (χ3n) is 4.21. The van der Waals surface area contributed by atoms with Crippen LogP contribution in [0.4, 0.5) is 13.2 Å². The van der Waals surface area contributed by atoms with Gasteiger partial charge in [-0.25, -0.2) is 0 Å². The SMILES string of the molecule is CCOC(=O)[C@@H]1CNCC[C@@H]1NC(=O)C(O)c1ccccc1C(F)(F)F. The van der Waals surface area contributed by atoms with Gasteiger partial charge in [0.2, 0.25) is 0 Å². The van der Waals surface area contributed by atoms with Gasteiger partial charge in [-0.1, -0.05) is 18.2 Å². The van der Waals surface area contributed by atoms with Gasteiger partial charge in [-0.15, -0.1) is 0 Å². The lowest BCUT2D eigenvalue weighted by atomic mass is 9.92. The highest BCUT2D eigenvalue weighted by atomic mass is 19.4. The normalized spacial score (nSPS) is 21.7. The highest BCUT2D eigenvalue weighted by molar-refractivity contribution is 5.83. The monoisotopic (exact) mass is 374 g/mol. The molecule has 0 aliphatic carbocycles. The first-order chi connectivity index (χ1) is 12.3. The van der Waals surface area contributed by atoms with E-state index in [9.17, 15) is 27.9 Å². The molecule has 9 heteroatoms. The van der Waals surface area contributed by atoms with Crippen molar-refractivity contribution in [1.29, 1.82) is 0 Å². The van der Waals surface area contributed by atoms with Crippen LogP contribution in [0.5, 0.6) is 0 Å². The van der Waals surface area contributed by atoms with Gasteiger partial charge < -0.3 is 20.5 Å². The van der Waals surface area contributed by atoms with Crippen molar-refractivity contribution in [1.82, 2.24) is 10.6 Å². The Hall–Kier alpha value is -2.13. The van der Waals surface area contributed by atoms with Gasteiger partial charge >= 0.3 is 12.1 Å². The molecule has 2 rings (SSSR count). The third-order valence-corrected chi connectivity index (χ3v) is 4.21. The lowest BCUT2D eigenvalue weighted by Crippen LogP contribution is -2.53. The average Bonchev–Trinajstić information content (AvgIpc) is 2.61. The van der Waals surface area contributed by atoms with E-state index in [2.05, 4.69) is 10.6 Å². The van der Waals surface area contributed by atoms with E-state index in [1.807, 2.05) is 0 Å². The Bertz CT molecular complexity index is 651. The summed E-state index contributed by atoms with van der Waals surface area (Å²) in [5.74, 6) is -2.16. The van der Waals surface area contributed by atoms with Gasteiger partial charge in [0.25, 0.3) is 5.91 Å².